The number of aromatic nitrogens is 3. The Balaban J connectivity index is 1.37. The van der Waals surface area contributed by atoms with Gasteiger partial charge in [-0.1, -0.05) is 11.8 Å². The van der Waals surface area contributed by atoms with Gasteiger partial charge in [0, 0.05) is 34.6 Å². The molecule has 0 saturated heterocycles. The van der Waals surface area contributed by atoms with Crippen LogP contribution in [0.5, 0.6) is 11.5 Å². The molecule has 4 rings (SSSR count). The molecule has 8 heteroatoms. The molecule has 1 amide bonds. The third kappa shape index (κ3) is 4.38. The predicted octanol–water partition coefficient (Wildman–Crippen LogP) is 3.83. The molecule has 0 saturated carbocycles. The Morgan fingerprint density at radius 3 is 2.63 bits per heavy atom. The second kappa shape index (κ2) is 8.87. The number of imidazole rings is 1. The number of hydrogen-bond donors (Lipinski definition) is 1. The van der Waals surface area contributed by atoms with Gasteiger partial charge in [0.05, 0.1) is 32.0 Å². The lowest BCUT2D eigenvalue weighted by Gasteiger charge is -2.09. The first kappa shape index (κ1) is 19.8. The van der Waals surface area contributed by atoms with Crippen LogP contribution in [0.4, 0.5) is 0 Å². The van der Waals surface area contributed by atoms with E-state index in [0.717, 1.165) is 21.1 Å². The molecule has 0 aliphatic heterocycles. The molecule has 30 heavy (non-hydrogen) atoms. The zero-order valence-electron chi connectivity index (χ0n) is 16.5. The van der Waals surface area contributed by atoms with Crippen molar-refractivity contribution in [1.29, 1.82) is 0 Å². The Bertz CT molecular complexity index is 1170. The highest BCUT2D eigenvalue weighted by Crippen LogP contribution is 2.34. The summed E-state index contributed by atoms with van der Waals surface area (Å²) in [5.74, 6) is 1.22. The van der Waals surface area contributed by atoms with Gasteiger partial charge in [-0.2, -0.15) is 0 Å². The number of fused-ring (bicyclic) bond motifs is 1. The fraction of sp³-hybridized carbons (Fsp3) is 0.136. The quantitative estimate of drug-likeness (QED) is 0.490. The molecule has 0 radical (unpaired) electrons. The molecule has 0 aliphatic rings. The van der Waals surface area contributed by atoms with Crippen molar-refractivity contribution in [2.75, 3.05) is 14.2 Å². The second-order valence-electron chi connectivity index (χ2n) is 6.40. The van der Waals surface area contributed by atoms with E-state index >= 15 is 0 Å². The van der Waals surface area contributed by atoms with E-state index in [1.807, 2.05) is 47.0 Å². The number of rotatable bonds is 7. The van der Waals surface area contributed by atoms with Gasteiger partial charge in [-0.3, -0.25) is 9.78 Å². The maximum absolute atomic E-state index is 12.4. The van der Waals surface area contributed by atoms with Crippen LogP contribution in [0.15, 0.2) is 77.0 Å². The summed E-state index contributed by atoms with van der Waals surface area (Å²) >= 11 is 1.57. The average Bonchev–Trinajstić information content (AvgIpc) is 3.26. The lowest BCUT2D eigenvalue weighted by atomic mass is 10.2. The number of hydrogen-bond acceptors (Lipinski definition) is 6. The number of methoxy groups -OCH3 is 2. The van der Waals surface area contributed by atoms with Crippen molar-refractivity contribution in [3.63, 3.8) is 0 Å². The van der Waals surface area contributed by atoms with Gasteiger partial charge in [0.15, 0.2) is 11.5 Å². The normalized spacial score (nSPS) is 10.7. The number of nitrogens with zero attached hydrogens (tertiary/aromatic N) is 3. The summed E-state index contributed by atoms with van der Waals surface area (Å²) in [6.07, 6.45) is 7.05. The molecule has 3 heterocycles. The van der Waals surface area contributed by atoms with E-state index in [1.54, 1.807) is 50.6 Å². The van der Waals surface area contributed by atoms with Crippen LogP contribution in [0.25, 0.3) is 5.65 Å². The Morgan fingerprint density at radius 1 is 1.03 bits per heavy atom. The number of pyridine rings is 2. The summed E-state index contributed by atoms with van der Waals surface area (Å²) < 4.78 is 12.4. The van der Waals surface area contributed by atoms with Crippen LogP contribution in [0.1, 0.15) is 16.1 Å². The Hall–Kier alpha value is -3.52. The molecule has 0 aliphatic carbocycles. The fourth-order valence-corrected chi connectivity index (χ4v) is 3.73. The van der Waals surface area contributed by atoms with Crippen molar-refractivity contribution >= 4 is 23.3 Å². The van der Waals surface area contributed by atoms with E-state index in [1.165, 1.54) is 0 Å². The first-order chi connectivity index (χ1) is 14.7. The van der Waals surface area contributed by atoms with Crippen molar-refractivity contribution in [3.8, 4) is 11.5 Å². The Kier molecular flexibility index (Phi) is 5.85. The Labute approximate surface area is 178 Å². The van der Waals surface area contributed by atoms with Gasteiger partial charge in [0.25, 0.3) is 5.91 Å². The number of carbonyl (C=O) groups excluding carboxylic acids is 1. The maximum Gasteiger partial charge on any atom is 0.253 e. The van der Waals surface area contributed by atoms with E-state index in [4.69, 9.17) is 9.47 Å². The van der Waals surface area contributed by atoms with Gasteiger partial charge >= 0.3 is 0 Å². The molecule has 152 valence electrons. The van der Waals surface area contributed by atoms with Gasteiger partial charge < -0.3 is 19.2 Å². The van der Waals surface area contributed by atoms with Crippen molar-refractivity contribution < 1.29 is 14.3 Å². The van der Waals surface area contributed by atoms with Crippen LogP contribution in [0.2, 0.25) is 0 Å². The van der Waals surface area contributed by atoms with Crippen LogP contribution < -0.4 is 14.8 Å². The minimum absolute atomic E-state index is 0.156. The summed E-state index contributed by atoms with van der Waals surface area (Å²) in [6, 6.07) is 13.2. The van der Waals surface area contributed by atoms with Gasteiger partial charge in [-0.25, -0.2) is 4.98 Å². The SMILES string of the molecule is COc1ccc(Sc2ccc(CNC(=O)c3ccc4nccn4c3)nc2)cc1OC. The molecule has 0 atom stereocenters. The first-order valence-corrected chi connectivity index (χ1v) is 10.0. The number of ether oxygens (including phenoxy) is 2. The third-order valence-corrected chi connectivity index (χ3v) is 5.44. The lowest BCUT2D eigenvalue weighted by Crippen LogP contribution is -2.23. The van der Waals surface area contributed by atoms with Gasteiger partial charge in [-0.05, 0) is 42.5 Å². The molecule has 0 bridgehead atoms. The lowest BCUT2D eigenvalue weighted by molar-refractivity contribution is 0.0950. The van der Waals surface area contributed by atoms with Crippen LogP contribution in [0.3, 0.4) is 0 Å². The minimum Gasteiger partial charge on any atom is -0.493 e. The zero-order chi connectivity index (χ0) is 20.9. The van der Waals surface area contributed by atoms with Crippen LogP contribution in [-0.4, -0.2) is 34.5 Å². The molecule has 4 aromatic rings. The second-order valence-corrected chi connectivity index (χ2v) is 7.54. The van der Waals surface area contributed by atoms with Crippen LogP contribution in [0, 0.1) is 0 Å². The van der Waals surface area contributed by atoms with E-state index in [2.05, 4.69) is 15.3 Å². The van der Waals surface area contributed by atoms with Gasteiger partial charge in [-0.15, -0.1) is 0 Å². The monoisotopic (exact) mass is 420 g/mol. The minimum atomic E-state index is -0.156. The predicted molar refractivity (Wildman–Crippen MR) is 114 cm³/mol. The van der Waals surface area contributed by atoms with E-state index in [9.17, 15) is 4.79 Å². The molecular weight excluding hydrogens is 400 g/mol. The highest BCUT2D eigenvalue weighted by molar-refractivity contribution is 7.99. The van der Waals surface area contributed by atoms with Gasteiger partial charge in [0.2, 0.25) is 0 Å². The van der Waals surface area contributed by atoms with Crippen molar-refractivity contribution in [2.45, 2.75) is 16.3 Å². The van der Waals surface area contributed by atoms with Crippen LogP contribution in [-0.2, 0) is 6.54 Å². The summed E-state index contributed by atoms with van der Waals surface area (Å²) in [5.41, 5.74) is 2.15. The standard InChI is InChI=1S/C22H20N4O3S/c1-28-19-7-6-17(11-20(19)29-2)30-18-5-4-16(24-13-18)12-25-22(27)15-3-8-21-23-9-10-26(21)14-15/h3-11,13-14H,12H2,1-2H3,(H,25,27). The van der Waals surface area contributed by atoms with E-state index in [-0.39, 0.29) is 5.91 Å². The molecule has 3 aromatic heterocycles. The van der Waals surface area contributed by atoms with Crippen molar-refractivity contribution in [3.05, 3.63) is 78.5 Å². The molecule has 1 aromatic carbocycles. The number of carbonyl (C=O) groups is 1. The highest BCUT2D eigenvalue weighted by Gasteiger charge is 2.09. The zero-order valence-corrected chi connectivity index (χ0v) is 17.3. The fourth-order valence-electron chi connectivity index (χ4n) is 2.92. The highest BCUT2D eigenvalue weighted by atomic mass is 32.2. The largest absolute Gasteiger partial charge is 0.493 e. The number of amides is 1. The topological polar surface area (TPSA) is 77.8 Å². The third-order valence-electron chi connectivity index (χ3n) is 4.47. The molecule has 0 unspecified atom stereocenters. The Morgan fingerprint density at radius 2 is 1.87 bits per heavy atom. The summed E-state index contributed by atoms with van der Waals surface area (Å²) in [5, 5.41) is 2.90. The van der Waals surface area contributed by atoms with Crippen molar-refractivity contribution in [1.82, 2.24) is 19.7 Å². The van der Waals surface area contributed by atoms with E-state index < -0.39 is 0 Å². The number of nitrogens with one attached hydrogen (secondary N) is 1. The van der Waals surface area contributed by atoms with Crippen molar-refractivity contribution in [2.24, 2.45) is 0 Å². The number of benzene rings is 1. The van der Waals surface area contributed by atoms with Crippen LogP contribution >= 0.6 is 11.8 Å². The molecule has 0 spiro atoms. The molecule has 1 N–H and O–H groups in total. The summed E-state index contributed by atoms with van der Waals surface area (Å²) in [7, 11) is 3.23. The average molecular weight is 420 g/mol. The summed E-state index contributed by atoms with van der Waals surface area (Å²) in [4.78, 5) is 23.0. The maximum atomic E-state index is 12.4. The molecule has 0 fully saturated rings. The smallest absolute Gasteiger partial charge is 0.253 e. The van der Waals surface area contributed by atoms with E-state index in [0.29, 0.717) is 23.6 Å². The molecular formula is C22H20N4O3S. The summed E-state index contributed by atoms with van der Waals surface area (Å²) in [6.45, 7) is 0.349. The van der Waals surface area contributed by atoms with Gasteiger partial charge in [0.1, 0.15) is 5.65 Å². The first-order valence-electron chi connectivity index (χ1n) is 9.22. The molecule has 7 nitrogen and oxygen atoms in total.